The van der Waals surface area contributed by atoms with Gasteiger partial charge in [0.25, 0.3) is 0 Å². The van der Waals surface area contributed by atoms with E-state index in [2.05, 4.69) is 45.1 Å². The summed E-state index contributed by atoms with van der Waals surface area (Å²) in [5, 5.41) is 18.9. The minimum Gasteiger partial charge on any atom is -0.489 e. The predicted octanol–water partition coefficient (Wildman–Crippen LogP) is 3.28. The van der Waals surface area contributed by atoms with Gasteiger partial charge in [-0.1, -0.05) is 12.1 Å². The second-order valence-corrected chi connectivity index (χ2v) is 9.51. The van der Waals surface area contributed by atoms with E-state index in [0.717, 1.165) is 68.2 Å². The van der Waals surface area contributed by atoms with E-state index in [-0.39, 0.29) is 12.7 Å². The number of nitriles is 1. The number of hydrogen-bond donors (Lipinski definition) is 1. The number of benzene rings is 2. The summed E-state index contributed by atoms with van der Waals surface area (Å²) in [5.41, 5.74) is 4.53. The van der Waals surface area contributed by atoms with E-state index in [0.29, 0.717) is 30.9 Å². The first-order valence-corrected chi connectivity index (χ1v) is 13.0. The Kier molecular flexibility index (Phi) is 8.26. The summed E-state index contributed by atoms with van der Waals surface area (Å²) in [6, 6.07) is 18.4. The summed E-state index contributed by atoms with van der Waals surface area (Å²) in [5.74, 6) is 1.35. The highest BCUT2D eigenvalue weighted by atomic mass is 16.5. The Labute approximate surface area is 218 Å². The largest absolute Gasteiger partial charge is 0.489 e. The van der Waals surface area contributed by atoms with Gasteiger partial charge in [-0.25, -0.2) is 9.97 Å². The molecule has 5 rings (SSSR count). The molecule has 3 aromatic rings. The fraction of sp³-hybridized carbons (Fsp3) is 0.414. The third-order valence-electron chi connectivity index (χ3n) is 6.99. The highest BCUT2D eigenvalue weighted by molar-refractivity contribution is 5.64. The molecule has 2 aromatic carbocycles. The third-order valence-corrected chi connectivity index (χ3v) is 6.99. The number of aromatic nitrogens is 2. The van der Waals surface area contributed by atoms with Crippen LogP contribution >= 0.6 is 0 Å². The van der Waals surface area contributed by atoms with Crippen LogP contribution in [0.2, 0.25) is 0 Å². The second kappa shape index (κ2) is 12.2. The zero-order valence-corrected chi connectivity index (χ0v) is 21.1. The maximum Gasteiger partial charge on any atom is 0.137 e. The number of piperazine rings is 1. The predicted molar refractivity (Wildman–Crippen MR) is 142 cm³/mol. The smallest absolute Gasteiger partial charge is 0.137 e. The van der Waals surface area contributed by atoms with E-state index in [4.69, 9.17) is 14.5 Å². The SMILES string of the molecule is N#Cc1cc(-c2ccnc(Cc3cccc(N4CCN(CCO)CC4)c3)n2)ccc1OC1CCOCC1. The molecular formula is C29H33N5O3. The molecule has 192 valence electrons. The second-order valence-electron chi connectivity index (χ2n) is 9.51. The van der Waals surface area contributed by atoms with Crippen molar-refractivity contribution in [2.75, 3.05) is 57.4 Å². The summed E-state index contributed by atoms with van der Waals surface area (Å²) in [4.78, 5) is 14.0. The van der Waals surface area contributed by atoms with Crippen molar-refractivity contribution in [2.45, 2.75) is 25.4 Å². The van der Waals surface area contributed by atoms with Crippen LogP contribution in [0.1, 0.15) is 29.8 Å². The van der Waals surface area contributed by atoms with Crippen molar-refractivity contribution in [1.29, 1.82) is 5.26 Å². The number of β-amino-alcohol motifs (C(OH)–C–C–N with tert-alkyl or cyclic N) is 1. The molecule has 0 atom stereocenters. The van der Waals surface area contributed by atoms with Crippen LogP contribution in [-0.2, 0) is 11.2 Å². The van der Waals surface area contributed by atoms with E-state index in [1.165, 1.54) is 5.69 Å². The zero-order valence-electron chi connectivity index (χ0n) is 21.1. The fourth-order valence-electron chi connectivity index (χ4n) is 4.91. The number of hydrogen-bond acceptors (Lipinski definition) is 8. The lowest BCUT2D eigenvalue weighted by Gasteiger charge is -2.36. The van der Waals surface area contributed by atoms with Crippen molar-refractivity contribution in [1.82, 2.24) is 14.9 Å². The number of aliphatic hydroxyl groups is 1. The standard InChI is InChI=1S/C29H33N5O3/c30-21-24-20-23(4-5-28(24)37-26-7-16-36-17-8-26)27-6-9-31-29(32-27)19-22-2-1-3-25(18-22)34-12-10-33(11-13-34)14-15-35/h1-6,9,18,20,26,35H,7-8,10-17,19H2. The summed E-state index contributed by atoms with van der Waals surface area (Å²) >= 11 is 0. The van der Waals surface area contributed by atoms with Gasteiger partial charge in [0.05, 0.1) is 31.1 Å². The molecule has 8 heteroatoms. The molecule has 1 aromatic heterocycles. The van der Waals surface area contributed by atoms with Gasteiger partial charge >= 0.3 is 0 Å². The Morgan fingerprint density at radius 3 is 2.68 bits per heavy atom. The molecule has 37 heavy (non-hydrogen) atoms. The summed E-state index contributed by atoms with van der Waals surface area (Å²) in [6.45, 7) is 6.15. The van der Waals surface area contributed by atoms with E-state index in [1.54, 1.807) is 6.20 Å². The molecule has 0 spiro atoms. The molecule has 3 heterocycles. The monoisotopic (exact) mass is 499 g/mol. The van der Waals surface area contributed by atoms with Gasteiger partial charge in [-0.2, -0.15) is 5.26 Å². The number of aliphatic hydroxyl groups excluding tert-OH is 1. The molecule has 1 N–H and O–H groups in total. The van der Waals surface area contributed by atoms with Crippen LogP contribution < -0.4 is 9.64 Å². The van der Waals surface area contributed by atoms with Crippen molar-refractivity contribution in [2.24, 2.45) is 0 Å². The lowest BCUT2D eigenvalue weighted by molar-refractivity contribution is 0.0254. The van der Waals surface area contributed by atoms with Gasteiger partial charge in [0.2, 0.25) is 0 Å². The van der Waals surface area contributed by atoms with Crippen molar-refractivity contribution in [3.8, 4) is 23.1 Å². The Morgan fingerprint density at radius 2 is 1.89 bits per heavy atom. The molecule has 8 nitrogen and oxygen atoms in total. The molecule has 0 radical (unpaired) electrons. The van der Waals surface area contributed by atoms with Gasteiger partial charge in [-0.05, 0) is 42.0 Å². The molecule has 0 amide bonds. The molecular weight excluding hydrogens is 466 g/mol. The van der Waals surface area contributed by atoms with E-state index < -0.39 is 0 Å². The number of anilines is 1. The van der Waals surface area contributed by atoms with Gasteiger partial charge in [0.1, 0.15) is 23.7 Å². The maximum atomic E-state index is 9.74. The Balaban J connectivity index is 1.27. The van der Waals surface area contributed by atoms with Crippen molar-refractivity contribution < 1.29 is 14.6 Å². The van der Waals surface area contributed by atoms with E-state index in [9.17, 15) is 10.4 Å². The maximum absolute atomic E-state index is 9.74. The number of nitrogens with zero attached hydrogens (tertiary/aromatic N) is 5. The van der Waals surface area contributed by atoms with Crippen LogP contribution in [0.4, 0.5) is 5.69 Å². The molecule has 0 aliphatic carbocycles. The normalized spacial score (nSPS) is 16.9. The van der Waals surface area contributed by atoms with Gasteiger partial charge < -0.3 is 19.5 Å². The van der Waals surface area contributed by atoms with Crippen LogP contribution in [0.5, 0.6) is 5.75 Å². The average Bonchev–Trinajstić information content (AvgIpc) is 2.95. The number of rotatable bonds is 8. The third kappa shape index (κ3) is 6.44. The minimum absolute atomic E-state index is 0.0810. The topological polar surface area (TPSA) is 94.7 Å². The molecule has 2 aliphatic heterocycles. The highest BCUT2D eigenvalue weighted by Gasteiger charge is 2.19. The molecule has 0 unspecified atom stereocenters. The molecule has 0 bridgehead atoms. The van der Waals surface area contributed by atoms with E-state index in [1.807, 2.05) is 24.3 Å². The Bertz CT molecular complexity index is 1230. The number of ether oxygens (including phenoxy) is 2. The first-order chi connectivity index (χ1) is 18.2. The van der Waals surface area contributed by atoms with Crippen molar-refractivity contribution in [3.63, 3.8) is 0 Å². The van der Waals surface area contributed by atoms with Crippen LogP contribution in [-0.4, -0.2) is 78.6 Å². The molecule has 2 fully saturated rings. The van der Waals surface area contributed by atoms with Crippen LogP contribution in [0, 0.1) is 11.3 Å². The lowest BCUT2D eigenvalue weighted by atomic mass is 10.1. The highest BCUT2D eigenvalue weighted by Crippen LogP contribution is 2.28. The molecule has 0 saturated carbocycles. The quantitative estimate of drug-likeness (QED) is 0.505. The molecule has 2 saturated heterocycles. The average molecular weight is 500 g/mol. The van der Waals surface area contributed by atoms with Crippen molar-refractivity contribution in [3.05, 3.63) is 71.7 Å². The zero-order chi connectivity index (χ0) is 25.5. The summed E-state index contributed by atoms with van der Waals surface area (Å²) in [7, 11) is 0. The first-order valence-electron chi connectivity index (χ1n) is 13.0. The van der Waals surface area contributed by atoms with Crippen LogP contribution in [0.25, 0.3) is 11.3 Å². The lowest BCUT2D eigenvalue weighted by Crippen LogP contribution is -2.47. The van der Waals surface area contributed by atoms with Crippen LogP contribution in [0.3, 0.4) is 0 Å². The van der Waals surface area contributed by atoms with Gasteiger partial charge in [-0.15, -0.1) is 0 Å². The van der Waals surface area contributed by atoms with Gasteiger partial charge in [-0.3, -0.25) is 4.90 Å². The van der Waals surface area contributed by atoms with Gasteiger partial charge in [0.15, 0.2) is 0 Å². The Morgan fingerprint density at radius 1 is 1.05 bits per heavy atom. The Hall–Kier alpha value is -3.51. The van der Waals surface area contributed by atoms with Crippen LogP contribution in [0.15, 0.2) is 54.7 Å². The molecule has 2 aliphatic rings. The van der Waals surface area contributed by atoms with E-state index >= 15 is 0 Å². The van der Waals surface area contributed by atoms with Crippen molar-refractivity contribution >= 4 is 5.69 Å². The van der Waals surface area contributed by atoms with Gasteiger partial charge in [0, 0.05) is 69.4 Å². The summed E-state index contributed by atoms with van der Waals surface area (Å²) < 4.78 is 11.5. The summed E-state index contributed by atoms with van der Waals surface area (Å²) in [6.07, 6.45) is 4.16. The fourth-order valence-corrected chi connectivity index (χ4v) is 4.91. The first kappa shape index (κ1) is 25.2. The minimum atomic E-state index is 0.0810.